The molecular formula is C6H4O4. The van der Waals surface area contributed by atoms with Crippen LogP contribution in [0.5, 0.6) is 0 Å². The predicted molar refractivity (Wildman–Crippen MR) is 30.6 cm³/mol. The monoisotopic (exact) mass is 140 g/mol. The maximum atomic E-state index is 10.3. The summed E-state index contributed by atoms with van der Waals surface area (Å²) < 4.78 is 0. The van der Waals surface area contributed by atoms with E-state index in [1.165, 1.54) is 12.6 Å². The van der Waals surface area contributed by atoms with E-state index in [1.807, 2.05) is 0 Å². The van der Waals surface area contributed by atoms with Gasteiger partial charge in [0.2, 0.25) is 24.1 Å². The molecule has 0 amide bonds. The fourth-order valence-corrected chi connectivity index (χ4v) is 0.328. The Bertz CT molecular complexity index is 151. The van der Waals surface area contributed by atoms with E-state index >= 15 is 0 Å². The average Bonchev–Trinajstić information content (AvgIpc) is 1.89. The number of hydrogen-bond donors (Lipinski definition) is 0. The highest BCUT2D eigenvalue weighted by Crippen LogP contribution is 1.84. The lowest BCUT2D eigenvalue weighted by Gasteiger charge is -1.85. The number of rotatable bonds is 5. The van der Waals surface area contributed by atoms with Gasteiger partial charge in [0.05, 0.1) is 12.8 Å². The van der Waals surface area contributed by atoms with Crippen LogP contribution < -0.4 is 0 Å². The summed E-state index contributed by atoms with van der Waals surface area (Å²) in [6.45, 7) is 0. The smallest absolute Gasteiger partial charge is 0.206 e. The van der Waals surface area contributed by atoms with Gasteiger partial charge >= 0.3 is 0 Å². The molecule has 0 aromatic carbocycles. The predicted octanol–water partition coefficient (Wildman–Crippen LogP) is -0.876. The third-order valence-corrected chi connectivity index (χ3v) is 0.776. The van der Waals surface area contributed by atoms with Crippen molar-refractivity contribution in [3.63, 3.8) is 0 Å². The van der Waals surface area contributed by atoms with Gasteiger partial charge in [0.25, 0.3) is 0 Å². The summed E-state index contributed by atoms with van der Waals surface area (Å²) in [7, 11) is 0. The molecule has 0 heterocycles. The first kappa shape index (κ1) is 8.68. The molecule has 2 radical (unpaired) electrons. The van der Waals surface area contributed by atoms with Gasteiger partial charge in [-0.3, -0.25) is 19.2 Å². The average molecular weight is 140 g/mol. The minimum Gasteiger partial charge on any atom is -0.290 e. The van der Waals surface area contributed by atoms with Crippen LogP contribution in [0, 0.1) is 0 Å². The van der Waals surface area contributed by atoms with Crippen molar-refractivity contribution in [2.45, 2.75) is 12.8 Å². The maximum absolute atomic E-state index is 10.3. The van der Waals surface area contributed by atoms with E-state index in [2.05, 4.69) is 0 Å². The van der Waals surface area contributed by atoms with E-state index in [0.717, 1.165) is 0 Å². The molecule has 52 valence electrons. The molecule has 0 saturated heterocycles. The van der Waals surface area contributed by atoms with Crippen LogP contribution in [-0.2, 0) is 19.2 Å². The highest BCUT2D eigenvalue weighted by atomic mass is 16.2. The van der Waals surface area contributed by atoms with E-state index in [4.69, 9.17) is 0 Å². The molecule has 4 nitrogen and oxygen atoms in total. The van der Waals surface area contributed by atoms with Crippen molar-refractivity contribution in [2.75, 3.05) is 0 Å². The van der Waals surface area contributed by atoms with Crippen molar-refractivity contribution in [1.29, 1.82) is 0 Å². The first-order chi connectivity index (χ1) is 4.72. The van der Waals surface area contributed by atoms with Crippen LogP contribution >= 0.6 is 0 Å². The Morgan fingerprint density at radius 3 is 1.40 bits per heavy atom. The van der Waals surface area contributed by atoms with Crippen molar-refractivity contribution < 1.29 is 19.2 Å². The van der Waals surface area contributed by atoms with Gasteiger partial charge in [-0.05, 0) is 0 Å². The molecule has 0 spiro atoms. The molecule has 0 N–H and O–H groups in total. The van der Waals surface area contributed by atoms with Crippen LogP contribution in [-0.4, -0.2) is 24.1 Å². The minimum absolute atomic E-state index is 0.569. The lowest BCUT2D eigenvalue weighted by molar-refractivity contribution is -0.135. The SMILES string of the molecule is O=[C]CC(=O)C(=O)C[C]=O. The van der Waals surface area contributed by atoms with E-state index < -0.39 is 24.4 Å². The Labute approximate surface area is 57.2 Å². The number of Topliss-reactive ketones (excluding diaryl/α,β-unsaturated/α-hetero) is 2. The van der Waals surface area contributed by atoms with E-state index in [-0.39, 0.29) is 0 Å². The lowest BCUT2D eigenvalue weighted by atomic mass is 10.2. The van der Waals surface area contributed by atoms with Gasteiger partial charge in [-0.2, -0.15) is 0 Å². The van der Waals surface area contributed by atoms with Crippen LogP contribution in [0.25, 0.3) is 0 Å². The zero-order valence-electron chi connectivity index (χ0n) is 5.05. The number of ketones is 2. The van der Waals surface area contributed by atoms with Crippen LogP contribution in [0.3, 0.4) is 0 Å². The molecule has 0 bridgehead atoms. The Balaban J connectivity index is 3.81. The third kappa shape index (κ3) is 2.86. The van der Waals surface area contributed by atoms with Gasteiger partial charge in [0, 0.05) is 0 Å². The Morgan fingerprint density at radius 2 is 1.20 bits per heavy atom. The van der Waals surface area contributed by atoms with Crippen LogP contribution in [0.15, 0.2) is 0 Å². The molecule has 0 unspecified atom stereocenters. The summed E-state index contributed by atoms with van der Waals surface area (Å²) in [6, 6.07) is 0. The summed E-state index contributed by atoms with van der Waals surface area (Å²) in [6.07, 6.45) is 1.38. The minimum atomic E-state index is -0.890. The van der Waals surface area contributed by atoms with Crippen LogP contribution in [0.2, 0.25) is 0 Å². The Hall–Kier alpha value is -1.32. The molecule has 10 heavy (non-hydrogen) atoms. The molecular weight excluding hydrogens is 136 g/mol. The topological polar surface area (TPSA) is 68.3 Å². The molecule has 0 aliphatic rings. The second kappa shape index (κ2) is 4.55. The van der Waals surface area contributed by atoms with Crippen molar-refractivity contribution >= 4 is 24.1 Å². The number of hydrogen-bond acceptors (Lipinski definition) is 4. The maximum Gasteiger partial charge on any atom is 0.206 e. The van der Waals surface area contributed by atoms with Crippen LogP contribution in [0.4, 0.5) is 0 Å². The van der Waals surface area contributed by atoms with E-state index in [1.54, 1.807) is 0 Å². The van der Waals surface area contributed by atoms with Gasteiger partial charge in [-0.1, -0.05) is 0 Å². The van der Waals surface area contributed by atoms with Crippen molar-refractivity contribution in [3.8, 4) is 0 Å². The first-order valence-corrected chi connectivity index (χ1v) is 2.48. The molecule has 0 aliphatic carbocycles. The molecule has 0 fully saturated rings. The zero-order valence-corrected chi connectivity index (χ0v) is 5.05. The standard InChI is InChI=1S/C6H4O4/c7-3-1-5(9)6(10)2-4-8/h1-2H2. The number of carbonyl (C=O) groups is 2. The molecule has 0 aliphatic heterocycles. The molecule has 0 aromatic rings. The van der Waals surface area contributed by atoms with Gasteiger partial charge in [-0.15, -0.1) is 0 Å². The number of carbonyl (C=O) groups excluding carboxylic acids is 4. The van der Waals surface area contributed by atoms with E-state index in [9.17, 15) is 19.2 Å². The lowest BCUT2D eigenvalue weighted by Crippen LogP contribution is -2.13. The highest BCUT2D eigenvalue weighted by Gasteiger charge is 2.11. The largest absolute Gasteiger partial charge is 0.290 e. The van der Waals surface area contributed by atoms with Crippen molar-refractivity contribution in [3.05, 3.63) is 0 Å². The zero-order chi connectivity index (χ0) is 7.98. The van der Waals surface area contributed by atoms with Crippen molar-refractivity contribution in [1.82, 2.24) is 0 Å². The van der Waals surface area contributed by atoms with Crippen molar-refractivity contribution in [2.24, 2.45) is 0 Å². The van der Waals surface area contributed by atoms with Gasteiger partial charge in [0.15, 0.2) is 0 Å². The fraction of sp³-hybridized carbons (Fsp3) is 0.333. The molecule has 0 rings (SSSR count). The quantitative estimate of drug-likeness (QED) is 0.367. The summed E-state index contributed by atoms with van der Waals surface area (Å²) in [5.74, 6) is -1.78. The molecule has 0 aromatic heterocycles. The van der Waals surface area contributed by atoms with Gasteiger partial charge < -0.3 is 0 Å². The molecule has 0 saturated carbocycles. The summed E-state index contributed by atoms with van der Waals surface area (Å²) >= 11 is 0. The summed E-state index contributed by atoms with van der Waals surface area (Å²) in [5.41, 5.74) is 0. The fourth-order valence-electron chi connectivity index (χ4n) is 0.328. The highest BCUT2D eigenvalue weighted by molar-refractivity contribution is 6.41. The van der Waals surface area contributed by atoms with E-state index in [0.29, 0.717) is 0 Å². The molecule has 4 heteroatoms. The first-order valence-electron chi connectivity index (χ1n) is 2.48. The van der Waals surface area contributed by atoms with Gasteiger partial charge in [0.1, 0.15) is 0 Å². The second-order valence-electron chi connectivity index (χ2n) is 1.49. The van der Waals surface area contributed by atoms with Gasteiger partial charge in [-0.25, -0.2) is 0 Å². The second-order valence-corrected chi connectivity index (χ2v) is 1.49. The summed E-state index contributed by atoms with van der Waals surface area (Å²) in [4.78, 5) is 39.7. The van der Waals surface area contributed by atoms with Crippen LogP contribution in [0.1, 0.15) is 12.8 Å². The summed E-state index contributed by atoms with van der Waals surface area (Å²) in [5, 5.41) is 0. The Morgan fingerprint density at radius 1 is 0.900 bits per heavy atom. The Kier molecular flexibility index (Phi) is 3.95. The third-order valence-electron chi connectivity index (χ3n) is 0.776. The normalized spacial score (nSPS) is 8.40. The molecule has 0 atom stereocenters.